The second-order valence-corrected chi connectivity index (χ2v) is 11.1. The summed E-state index contributed by atoms with van der Waals surface area (Å²) in [4.78, 5) is 15.8. The molecule has 0 atom stereocenters. The maximum atomic E-state index is 12.3. The standard InChI is InChI=1S/C20H34N6O2S/c1-5-24-8-10-25(11-9-24)18-14-17(6-7-22-18)15-23-19(21-4)26-12-13-29(27,28)20(2,3)16-26/h6-7,14H,5,8-13,15-16H2,1-4H3,(H,21,23). The molecular formula is C20H34N6O2S. The van der Waals surface area contributed by atoms with Crippen molar-refractivity contribution < 1.29 is 8.42 Å². The molecule has 0 radical (unpaired) electrons. The first-order chi connectivity index (χ1) is 13.8. The third-order valence-corrected chi connectivity index (χ3v) is 8.49. The minimum Gasteiger partial charge on any atom is -0.354 e. The number of guanidine groups is 1. The minimum atomic E-state index is -3.07. The van der Waals surface area contributed by atoms with Crippen molar-refractivity contribution in [2.24, 2.45) is 4.99 Å². The molecule has 2 saturated heterocycles. The number of rotatable bonds is 4. The summed E-state index contributed by atoms with van der Waals surface area (Å²) in [5.41, 5.74) is 1.14. The SMILES string of the molecule is CCN1CCN(c2cc(CNC(=NC)N3CCS(=O)(=O)C(C)(C)C3)ccn2)CC1. The Morgan fingerprint density at radius 3 is 2.59 bits per heavy atom. The van der Waals surface area contributed by atoms with Gasteiger partial charge in [0.2, 0.25) is 0 Å². The quantitative estimate of drug-likeness (QED) is 0.568. The van der Waals surface area contributed by atoms with Crippen LogP contribution in [0.25, 0.3) is 0 Å². The van der Waals surface area contributed by atoms with Gasteiger partial charge in [-0.3, -0.25) is 4.99 Å². The molecule has 8 nitrogen and oxygen atoms in total. The fraction of sp³-hybridized carbons (Fsp3) is 0.700. The van der Waals surface area contributed by atoms with Gasteiger partial charge in [0.15, 0.2) is 15.8 Å². The van der Waals surface area contributed by atoms with E-state index in [0.717, 1.165) is 50.1 Å². The number of nitrogens with one attached hydrogen (secondary N) is 1. The Morgan fingerprint density at radius 1 is 1.24 bits per heavy atom. The number of pyridine rings is 1. The average Bonchev–Trinajstić information content (AvgIpc) is 2.71. The predicted octanol–water partition coefficient (Wildman–Crippen LogP) is 0.808. The van der Waals surface area contributed by atoms with Gasteiger partial charge in [0, 0.05) is 59.1 Å². The Hall–Kier alpha value is -1.87. The van der Waals surface area contributed by atoms with Gasteiger partial charge in [-0.2, -0.15) is 0 Å². The lowest BCUT2D eigenvalue weighted by molar-refractivity contribution is 0.270. The van der Waals surface area contributed by atoms with Crippen LogP contribution in [0.2, 0.25) is 0 Å². The van der Waals surface area contributed by atoms with Crippen molar-refractivity contribution in [2.45, 2.75) is 32.1 Å². The number of hydrogen-bond acceptors (Lipinski definition) is 6. The van der Waals surface area contributed by atoms with Crippen LogP contribution >= 0.6 is 0 Å². The van der Waals surface area contributed by atoms with Crippen LogP contribution < -0.4 is 10.2 Å². The van der Waals surface area contributed by atoms with Gasteiger partial charge >= 0.3 is 0 Å². The van der Waals surface area contributed by atoms with E-state index in [1.54, 1.807) is 20.9 Å². The fourth-order valence-corrected chi connectivity index (χ4v) is 5.24. The molecule has 162 valence electrons. The number of piperazine rings is 1. The van der Waals surface area contributed by atoms with Crippen LogP contribution in [0, 0.1) is 0 Å². The molecule has 2 fully saturated rings. The number of sulfone groups is 1. The number of aromatic nitrogens is 1. The van der Waals surface area contributed by atoms with E-state index < -0.39 is 14.6 Å². The Morgan fingerprint density at radius 2 is 1.97 bits per heavy atom. The Labute approximate surface area is 174 Å². The summed E-state index contributed by atoms with van der Waals surface area (Å²) < 4.78 is 23.8. The highest BCUT2D eigenvalue weighted by Crippen LogP contribution is 2.23. The summed E-state index contributed by atoms with van der Waals surface area (Å²) in [5.74, 6) is 1.91. The van der Waals surface area contributed by atoms with Crippen molar-refractivity contribution in [1.29, 1.82) is 0 Å². The molecule has 0 unspecified atom stereocenters. The van der Waals surface area contributed by atoms with Gasteiger partial charge in [0.1, 0.15) is 5.82 Å². The van der Waals surface area contributed by atoms with Crippen molar-refractivity contribution in [3.8, 4) is 0 Å². The van der Waals surface area contributed by atoms with Gasteiger partial charge in [-0.25, -0.2) is 13.4 Å². The summed E-state index contributed by atoms with van der Waals surface area (Å²) in [6.07, 6.45) is 1.86. The molecule has 0 bridgehead atoms. The van der Waals surface area contributed by atoms with Crippen molar-refractivity contribution in [2.75, 3.05) is 63.5 Å². The van der Waals surface area contributed by atoms with Gasteiger partial charge < -0.3 is 20.0 Å². The van der Waals surface area contributed by atoms with Gasteiger partial charge in [0.25, 0.3) is 0 Å². The van der Waals surface area contributed by atoms with E-state index in [4.69, 9.17) is 0 Å². The summed E-state index contributed by atoms with van der Waals surface area (Å²) in [7, 11) is -1.33. The minimum absolute atomic E-state index is 0.157. The highest BCUT2D eigenvalue weighted by molar-refractivity contribution is 7.92. The summed E-state index contributed by atoms with van der Waals surface area (Å²) >= 11 is 0. The van der Waals surface area contributed by atoms with Crippen LogP contribution in [-0.4, -0.2) is 92.5 Å². The summed E-state index contributed by atoms with van der Waals surface area (Å²) in [6.45, 7) is 12.5. The normalized spacial score (nSPS) is 22.6. The lowest BCUT2D eigenvalue weighted by Crippen LogP contribution is -2.57. The number of aliphatic imine (C=N–C) groups is 1. The second-order valence-electron chi connectivity index (χ2n) is 8.34. The highest BCUT2D eigenvalue weighted by Gasteiger charge is 2.40. The summed E-state index contributed by atoms with van der Waals surface area (Å²) in [6, 6.07) is 4.14. The third-order valence-electron chi connectivity index (χ3n) is 5.96. The first-order valence-corrected chi connectivity index (χ1v) is 12.0. The van der Waals surface area contributed by atoms with E-state index >= 15 is 0 Å². The van der Waals surface area contributed by atoms with E-state index in [-0.39, 0.29) is 5.75 Å². The Balaban J connectivity index is 1.61. The molecule has 29 heavy (non-hydrogen) atoms. The van der Waals surface area contributed by atoms with Crippen LogP contribution in [0.3, 0.4) is 0 Å². The monoisotopic (exact) mass is 422 g/mol. The lowest BCUT2D eigenvalue weighted by atomic mass is 10.2. The van der Waals surface area contributed by atoms with E-state index in [1.807, 2.05) is 17.2 Å². The largest absolute Gasteiger partial charge is 0.354 e. The molecule has 3 heterocycles. The van der Waals surface area contributed by atoms with Crippen molar-refractivity contribution in [1.82, 2.24) is 20.1 Å². The highest BCUT2D eigenvalue weighted by atomic mass is 32.2. The van der Waals surface area contributed by atoms with Gasteiger partial charge in [-0.05, 0) is 38.1 Å². The maximum absolute atomic E-state index is 12.3. The van der Waals surface area contributed by atoms with E-state index in [0.29, 0.717) is 19.6 Å². The van der Waals surface area contributed by atoms with E-state index in [2.05, 4.69) is 38.1 Å². The first-order valence-electron chi connectivity index (χ1n) is 10.4. The van der Waals surface area contributed by atoms with Crippen molar-refractivity contribution in [3.05, 3.63) is 23.9 Å². The topological polar surface area (TPSA) is 81.1 Å². The fourth-order valence-electron chi connectivity index (χ4n) is 3.87. The molecule has 0 aliphatic carbocycles. The molecule has 3 rings (SSSR count). The molecule has 1 N–H and O–H groups in total. The zero-order valence-corrected chi connectivity index (χ0v) is 18.9. The second kappa shape index (κ2) is 8.87. The van der Waals surface area contributed by atoms with Crippen LogP contribution in [0.4, 0.5) is 5.82 Å². The molecule has 0 amide bonds. The van der Waals surface area contributed by atoms with Gasteiger partial charge in [-0.15, -0.1) is 0 Å². The predicted molar refractivity (Wildman–Crippen MR) is 118 cm³/mol. The molecular weight excluding hydrogens is 388 g/mol. The van der Waals surface area contributed by atoms with Crippen LogP contribution in [0.1, 0.15) is 26.3 Å². The number of hydrogen-bond donors (Lipinski definition) is 1. The zero-order chi connectivity index (χ0) is 21.1. The summed E-state index contributed by atoms with van der Waals surface area (Å²) in [5, 5.41) is 3.39. The third kappa shape index (κ3) is 5.01. The first kappa shape index (κ1) is 21.8. The molecule has 1 aromatic rings. The zero-order valence-electron chi connectivity index (χ0n) is 18.1. The number of nitrogens with zero attached hydrogens (tertiary/aromatic N) is 5. The smallest absolute Gasteiger partial charge is 0.193 e. The van der Waals surface area contributed by atoms with Crippen molar-refractivity contribution in [3.63, 3.8) is 0 Å². The van der Waals surface area contributed by atoms with Crippen molar-refractivity contribution >= 4 is 21.6 Å². The molecule has 0 aromatic carbocycles. The molecule has 1 aromatic heterocycles. The number of anilines is 1. The molecule has 2 aliphatic rings. The van der Waals surface area contributed by atoms with Gasteiger partial charge in [0.05, 0.1) is 10.5 Å². The maximum Gasteiger partial charge on any atom is 0.193 e. The lowest BCUT2D eigenvalue weighted by Gasteiger charge is -2.39. The molecule has 2 aliphatic heterocycles. The van der Waals surface area contributed by atoms with Crippen LogP contribution in [-0.2, 0) is 16.4 Å². The molecule has 9 heteroatoms. The average molecular weight is 423 g/mol. The van der Waals surface area contributed by atoms with Crippen LogP contribution in [0.5, 0.6) is 0 Å². The van der Waals surface area contributed by atoms with Gasteiger partial charge in [-0.1, -0.05) is 6.92 Å². The Bertz CT molecular complexity index is 831. The Kier molecular flexibility index (Phi) is 6.68. The van der Waals surface area contributed by atoms with E-state index in [9.17, 15) is 8.42 Å². The van der Waals surface area contributed by atoms with Crippen LogP contribution in [0.15, 0.2) is 23.3 Å². The molecule has 0 saturated carbocycles. The number of likely N-dealkylation sites (N-methyl/N-ethyl adjacent to an activating group) is 1. The molecule has 0 spiro atoms. The van der Waals surface area contributed by atoms with E-state index in [1.165, 1.54) is 0 Å².